The first-order valence-electron chi connectivity index (χ1n) is 5.28. The minimum Gasteiger partial charge on any atom is -0.392 e. The average Bonchev–Trinajstić information content (AvgIpc) is 2.64. The van der Waals surface area contributed by atoms with Crippen LogP contribution in [0.15, 0.2) is 6.20 Å². The highest BCUT2D eigenvalue weighted by molar-refractivity contribution is 7.80. The zero-order valence-electron chi connectivity index (χ0n) is 10.4. The van der Waals surface area contributed by atoms with Crippen LogP contribution < -0.4 is 11.1 Å². The van der Waals surface area contributed by atoms with Gasteiger partial charge in [0, 0.05) is 11.1 Å². The van der Waals surface area contributed by atoms with Gasteiger partial charge in [-0.2, -0.15) is 0 Å². The highest BCUT2D eigenvalue weighted by atomic mass is 32.1. The van der Waals surface area contributed by atoms with Gasteiger partial charge < -0.3 is 11.1 Å². The summed E-state index contributed by atoms with van der Waals surface area (Å²) in [5, 5.41) is 3.76. The standard InChI is InChI=1S/C11H17N3OS2/c1-6-5-13-8(17-6)7(2)14-10(15)11(3,4)9(12)16/h5,7H,1-4H3,(H2,12,16)(H,14,15). The zero-order valence-corrected chi connectivity index (χ0v) is 12.0. The van der Waals surface area contributed by atoms with E-state index in [1.165, 1.54) is 0 Å². The maximum absolute atomic E-state index is 12.0. The molecule has 1 aromatic rings. The molecule has 1 rings (SSSR count). The Labute approximate surface area is 111 Å². The van der Waals surface area contributed by atoms with E-state index in [2.05, 4.69) is 10.3 Å². The van der Waals surface area contributed by atoms with Gasteiger partial charge in [-0.1, -0.05) is 12.2 Å². The van der Waals surface area contributed by atoms with Crippen molar-refractivity contribution in [1.29, 1.82) is 0 Å². The Bertz CT molecular complexity index is 440. The third-order valence-electron chi connectivity index (χ3n) is 2.54. The van der Waals surface area contributed by atoms with Crippen molar-refractivity contribution in [3.63, 3.8) is 0 Å². The van der Waals surface area contributed by atoms with Crippen molar-refractivity contribution in [3.05, 3.63) is 16.1 Å². The summed E-state index contributed by atoms with van der Waals surface area (Å²) in [5.74, 6) is -0.176. The lowest BCUT2D eigenvalue weighted by molar-refractivity contribution is -0.126. The normalized spacial score (nSPS) is 13.2. The first kappa shape index (κ1) is 14.1. The second-order valence-electron chi connectivity index (χ2n) is 4.49. The van der Waals surface area contributed by atoms with Crippen molar-refractivity contribution in [2.24, 2.45) is 11.1 Å². The van der Waals surface area contributed by atoms with E-state index in [9.17, 15) is 4.79 Å². The summed E-state index contributed by atoms with van der Waals surface area (Å²) in [5.41, 5.74) is 4.71. The number of rotatable bonds is 4. The highest BCUT2D eigenvalue weighted by Crippen LogP contribution is 2.22. The summed E-state index contributed by atoms with van der Waals surface area (Å²) >= 11 is 6.45. The molecular formula is C11H17N3OS2. The van der Waals surface area contributed by atoms with Gasteiger partial charge in [0.25, 0.3) is 0 Å². The largest absolute Gasteiger partial charge is 0.392 e. The van der Waals surface area contributed by atoms with Crippen LogP contribution >= 0.6 is 23.6 Å². The second-order valence-corrected chi connectivity index (χ2v) is 6.20. The molecular weight excluding hydrogens is 254 g/mol. The molecule has 0 aromatic carbocycles. The van der Waals surface area contributed by atoms with Gasteiger partial charge in [-0.05, 0) is 27.7 Å². The van der Waals surface area contributed by atoms with Gasteiger partial charge in [0.15, 0.2) is 0 Å². The van der Waals surface area contributed by atoms with Crippen molar-refractivity contribution in [2.75, 3.05) is 0 Å². The van der Waals surface area contributed by atoms with Crippen LogP contribution in [0.3, 0.4) is 0 Å². The number of amides is 1. The third-order valence-corrected chi connectivity index (χ3v) is 4.15. The number of carbonyl (C=O) groups excluding carboxylic acids is 1. The number of nitrogens with one attached hydrogen (secondary N) is 1. The summed E-state index contributed by atoms with van der Waals surface area (Å²) in [6, 6.07) is -0.130. The predicted molar refractivity (Wildman–Crippen MR) is 74.0 cm³/mol. The Morgan fingerprint density at radius 2 is 2.24 bits per heavy atom. The number of thiocarbonyl (C=S) groups is 1. The monoisotopic (exact) mass is 271 g/mol. The van der Waals surface area contributed by atoms with E-state index in [0.717, 1.165) is 9.88 Å². The molecule has 1 amide bonds. The minimum absolute atomic E-state index is 0.130. The lowest BCUT2D eigenvalue weighted by atomic mass is 9.92. The predicted octanol–water partition coefficient (Wildman–Crippen LogP) is 1.94. The number of hydrogen-bond acceptors (Lipinski definition) is 4. The van der Waals surface area contributed by atoms with E-state index < -0.39 is 5.41 Å². The topological polar surface area (TPSA) is 68.0 Å². The van der Waals surface area contributed by atoms with Crippen molar-refractivity contribution in [2.45, 2.75) is 33.7 Å². The molecule has 0 spiro atoms. The zero-order chi connectivity index (χ0) is 13.2. The van der Waals surface area contributed by atoms with Crippen molar-refractivity contribution < 1.29 is 4.79 Å². The lowest BCUT2D eigenvalue weighted by Crippen LogP contribution is -2.45. The number of thiazole rings is 1. The Morgan fingerprint density at radius 3 is 2.65 bits per heavy atom. The number of aryl methyl sites for hydroxylation is 1. The third kappa shape index (κ3) is 3.23. The Hall–Kier alpha value is -1.01. The first-order valence-corrected chi connectivity index (χ1v) is 6.51. The van der Waals surface area contributed by atoms with E-state index in [0.29, 0.717) is 0 Å². The first-order chi connectivity index (χ1) is 7.75. The van der Waals surface area contributed by atoms with E-state index >= 15 is 0 Å². The molecule has 0 aliphatic rings. The van der Waals surface area contributed by atoms with E-state index in [-0.39, 0.29) is 16.9 Å². The molecule has 1 atom stereocenters. The SMILES string of the molecule is Cc1cnc(C(C)NC(=O)C(C)(C)C(N)=S)s1. The van der Waals surface area contributed by atoms with Crippen molar-refractivity contribution >= 4 is 34.5 Å². The molecule has 3 N–H and O–H groups in total. The summed E-state index contributed by atoms with van der Waals surface area (Å²) in [6.45, 7) is 7.30. The molecule has 1 unspecified atom stereocenters. The van der Waals surface area contributed by atoms with E-state index in [1.807, 2.05) is 13.8 Å². The molecule has 94 valence electrons. The van der Waals surface area contributed by atoms with Gasteiger partial charge in [-0.25, -0.2) is 4.98 Å². The van der Waals surface area contributed by atoms with Crippen LogP contribution in [0.4, 0.5) is 0 Å². The summed E-state index contributed by atoms with van der Waals surface area (Å²) in [7, 11) is 0. The second kappa shape index (κ2) is 5.10. The van der Waals surface area contributed by atoms with Crippen LogP contribution in [-0.4, -0.2) is 15.9 Å². The smallest absolute Gasteiger partial charge is 0.233 e. The molecule has 0 saturated heterocycles. The average molecular weight is 271 g/mol. The van der Waals surface area contributed by atoms with Gasteiger partial charge in [0.2, 0.25) is 5.91 Å². The summed E-state index contributed by atoms with van der Waals surface area (Å²) < 4.78 is 0. The molecule has 6 heteroatoms. The molecule has 0 aliphatic carbocycles. The number of aromatic nitrogens is 1. The maximum Gasteiger partial charge on any atom is 0.233 e. The van der Waals surface area contributed by atoms with Crippen LogP contribution in [0.25, 0.3) is 0 Å². The van der Waals surface area contributed by atoms with Gasteiger partial charge in [-0.15, -0.1) is 11.3 Å². The van der Waals surface area contributed by atoms with Crippen LogP contribution in [0.1, 0.15) is 36.7 Å². The highest BCUT2D eigenvalue weighted by Gasteiger charge is 2.32. The Kier molecular flexibility index (Phi) is 4.21. The molecule has 17 heavy (non-hydrogen) atoms. The number of nitrogens with zero attached hydrogens (tertiary/aromatic N) is 1. The van der Waals surface area contributed by atoms with Gasteiger partial charge >= 0.3 is 0 Å². The van der Waals surface area contributed by atoms with Gasteiger partial charge in [0.05, 0.1) is 16.4 Å². The molecule has 0 aliphatic heterocycles. The molecule has 0 bridgehead atoms. The van der Waals surface area contributed by atoms with Crippen LogP contribution in [0, 0.1) is 12.3 Å². The van der Waals surface area contributed by atoms with Crippen LogP contribution in [0.5, 0.6) is 0 Å². The number of carbonyl (C=O) groups is 1. The van der Waals surface area contributed by atoms with Crippen LogP contribution in [0.2, 0.25) is 0 Å². The molecule has 4 nitrogen and oxygen atoms in total. The fraction of sp³-hybridized carbons (Fsp3) is 0.545. The fourth-order valence-corrected chi connectivity index (χ4v) is 1.99. The Balaban J connectivity index is 2.73. The van der Waals surface area contributed by atoms with Crippen molar-refractivity contribution in [3.8, 4) is 0 Å². The minimum atomic E-state index is -0.837. The molecule has 0 saturated carbocycles. The molecule has 0 radical (unpaired) electrons. The molecule has 0 fully saturated rings. The van der Waals surface area contributed by atoms with Crippen LogP contribution in [-0.2, 0) is 4.79 Å². The number of nitrogens with two attached hydrogens (primary N) is 1. The number of hydrogen-bond donors (Lipinski definition) is 2. The Morgan fingerprint density at radius 1 is 1.65 bits per heavy atom. The van der Waals surface area contributed by atoms with E-state index in [1.54, 1.807) is 31.4 Å². The molecule has 1 heterocycles. The summed E-state index contributed by atoms with van der Waals surface area (Å²) in [4.78, 5) is 17.5. The molecule has 1 aromatic heterocycles. The van der Waals surface area contributed by atoms with Crippen molar-refractivity contribution in [1.82, 2.24) is 10.3 Å². The van der Waals surface area contributed by atoms with Gasteiger partial charge in [0.1, 0.15) is 5.01 Å². The fourth-order valence-electron chi connectivity index (χ4n) is 1.12. The maximum atomic E-state index is 12.0. The quantitative estimate of drug-likeness (QED) is 0.821. The van der Waals surface area contributed by atoms with E-state index in [4.69, 9.17) is 18.0 Å². The lowest BCUT2D eigenvalue weighted by Gasteiger charge is -2.24. The summed E-state index contributed by atoms with van der Waals surface area (Å²) in [6.07, 6.45) is 1.79. The van der Waals surface area contributed by atoms with Gasteiger partial charge in [-0.3, -0.25) is 4.79 Å².